The van der Waals surface area contributed by atoms with Crippen molar-refractivity contribution in [2.75, 3.05) is 10.2 Å². The third kappa shape index (κ3) is 3.69. The number of nitrogens with one attached hydrogen (secondary N) is 1. The minimum atomic E-state index is -0.403. The molecule has 1 aromatic heterocycles. The number of hydrogen-bond donors (Lipinski definition) is 1. The van der Waals surface area contributed by atoms with Crippen molar-refractivity contribution >= 4 is 17.5 Å². The van der Waals surface area contributed by atoms with Crippen LogP contribution in [0.1, 0.15) is 67.2 Å². The molecule has 1 amide bonds. The van der Waals surface area contributed by atoms with Gasteiger partial charge in [-0.15, -0.1) is 0 Å². The van der Waals surface area contributed by atoms with E-state index < -0.39 is 6.09 Å². The van der Waals surface area contributed by atoms with Gasteiger partial charge in [0.15, 0.2) is 0 Å². The van der Waals surface area contributed by atoms with Crippen LogP contribution in [0.2, 0.25) is 0 Å². The van der Waals surface area contributed by atoms with E-state index in [0.29, 0.717) is 29.6 Å². The Balaban J connectivity index is 1.20. The van der Waals surface area contributed by atoms with Crippen molar-refractivity contribution in [1.82, 2.24) is 9.97 Å². The van der Waals surface area contributed by atoms with E-state index in [1.54, 1.807) is 18.5 Å². The number of amides is 1. The maximum Gasteiger partial charge on any atom is 0.411 e. The summed E-state index contributed by atoms with van der Waals surface area (Å²) in [5, 5.41) is 13.2. The number of benzene rings is 2. The fourth-order valence-electron chi connectivity index (χ4n) is 6.25. The second kappa shape index (κ2) is 8.48. The van der Waals surface area contributed by atoms with Gasteiger partial charge in [0, 0.05) is 41.8 Å². The molecule has 8 heteroatoms. The van der Waals surface area contributed by atoms with Crippen LogP contribution in [0, 0.1) is 17.2 Å². The average molecular weight is 494 g/mol. The van der Waals surface area contributed by atoms with Gasteiger partial charge in [-0.1, -0.05) is 12.1 Å². The summed E-state index contributed by atoms with van der Waals surface area (Å²) in [5.41, 5.74) is 5.20. The summed E-state index contributed by atoms with van der Waals surface area (Å²) in [5.74, 6) is 1.21. The lowest BCUT2D eigenvalue weighted by atomic mass is 9.67. The van der Waals surface area contributed by atoms with Crippen LogP contribution in [0.4, 0.5) is 16.2 Å². The van der Waals surface area contributed by atoms with E-state index in [1.807, 2.05) is 31.2 Å². The number of anilines is 2. The van der Waals surface area contributed by atoms with Crippen LogP contribution in [0.15, 0.2) is 54.9 Å². The van der Waals surface area contributed by atoms with Gasteiger partial charge in [0.05, 0.1) is 18.0 Å². The molecule has 2 aromatic carbocycles. The Morgan fingerprint density at radius 3 is 2.62 bits per heavy atom. The number of ether oxygens (including phenoxy) is 2. The molecule has 4 unspecified atom stereocenters. The van der Waals surface area contributed by atoms with Crippen molar-refractivity contribution in [2.24, 2.45) is 5.92 Å². The van der Waals surface area contributed by atoms with E-state index in [0.717, 1.165) is 48.2 Å². The van der Waals surface area contributed by atoms with Gasteiger partial charge in [0.2, 0.25) is 0 Å². The molecule has 186 valence electrons. The summed E-state index contributed by atoms with van der Waals surface area (Å²) >= 11 is 0. The number of carbonyl (C=O) groups is 1. The molecule has 3 aromatic rings. The molecular formula is C29H27N5O3. The molecule has 3 heterocycles. The summed E-state index contributed by atoms with van der Waals surface area (Å²) in [6, 6.07) is 16.8. The van der Waals surface area contributed by atoms with E-state index in [9.17, 15) is 10.1 Å². The molecule has 37 heavy (non-hydrogen) atoms. The maximum atomic E-state index is 12.5. The van der Waals surface area contributed by atoms with Gasteiger partial charge in [0.1, 0.15) is 11.9 Å². The standard InChI is InChI=1S/C29H27N5O3/c1-16(17-3-4-17)36-29(35)33-18-5-7-22-23(13-18)20-9-10-25(20)34-26-14-19(37-28-31-11-2-12-32-28)6-8-21(26)24(15-30)27(22)34/h2,5-8,11-14,16-17,20,24-25,27H,3-4,9-10H2,1H3,(H,33,35)/t16-,20?,24?,25?,27?/m1/s1. The van der Waals surface area contributed by atoms with Gasteiger partial charge in [-0.05, 0) is 79.5 Å². The molecule has 0 bridgehead atoms. The minimum Gasteiger partial charge on any atom is -0.446 e. The molecule has 8 nitrogen and oxygen atoms in total. The molecule has 7 rings (SSSR count). The smallest absolute Gasteiger partial charge is 0.411 e. The SMILES string of the molecule is C[C@@H](OC(=O)Nc1ccc2c(c1)C1CCC1N1c3cc(Oc4ncccn4)ccc3C(C#N)C21)C1CC1. The lowest BCUT2D eigenvalue weighted by Crippen LogP contribution is -2.50. The Kier molecular flexibility index (Phi) is 5.07. The Labute approximate surface area is 215 Å². The molecule has 2 fully saturated rings. The van der Waals surface area contributed by atoms with Crippen LogP contribution >= 0.6 is 0 Å². The first-order chi connectivity index (χ1) is 18.1. The van der Waals surface area contributed by atoms with E-state index >= 15 is 0 Å². The normalized spacial score (nSPS) is 25.4. The molecule has 2 saturated carbocycles. The third-order valence-corrected chi connectivity index (χ3v) is 8.35. The molecular weight excluding hydrogens is 466 g/mol. The van der Waals surface area contributed by atoms with E-state index in [4.69, 9.17) is 9.47 Å². The van der Waals surface area contributed by atoms with Crippen molar-refractivity contribution < 1.29 is 14.3 Å². The monoisotopic (exact) mass is 493 g/mol. The van der Waals surface area contributed by atoms with Gasteiger partial charge in [0.25, 0.3) is 0 Å². The number of nitriles is 1. The van der Waals surface area contributed by atoms with Gasteiger partial charge in [-0.25, -0.2) is 14.8 Å². The first-order valence-electron chi connectivity index (χ1n) is 13.0. The minimum absolute atomic E-state index is 0.0575. The number of hydrogen-bond acceptors (Lipinski definition) is 7. The highest BCUT2D eigenvalue weighted by Gasteiger charge is 2.52. The van der Waals surface area contributed by atoms with Crippen molar-refractivity contribution in [2.45, 2.75) is 62.6 Å². The number of rotatable bonds is 5. The maximum absolute atomic E-state index is 12.5. The van der Waals surface area contributed by atoms with Crippen LogP contribution in [0.3, 0.4) is 0 Å². The Hall–Kier alpha value is -4.12. The summed E-state index contributed by atoms with van der Waals surface area (Å²) in [7, 11) is 0. The Morgan fingerprint density at radius 2 is 1.89 bits per heavy atom. The summed E-state index contributed by atoms with van der Waals surface area (Å²) in [6.07, 6.45) is 7.23. The molecule has 5 atom stereocenters. The number of carbonyl (C=O) groups excluding carboxylic acids is 1. The fourth-order valence-corrected chi connectivity index (χ4v) is 6.25. The van der Waals surface area contributed by atoms with Crippen molar-refractivity contribution in [1.29, 1.82) is 5.26 Å². The topological polar surface area (TPSA) is 100 Å². The number of aromatic nitrogens is 2. The molecule has 4 aliphatic rings. The van der Waals surface area contributed by atoms with Gasteiger partial charge in [-0.2, -0.15) is 5.26 Å². The van der Waals surface area contributed by atoms with Crippen LogP contribution < -0.4 is 15.0 Å². The van der Waals surface area contributed by atoms with E-state index in [2.05, 4.69) is 38.4 Å². The first-order valence-corrected chi connectivity index (χ1v) is 13.0. The molecule has 0 saturated heterocycles. The van der Waals surface area contributed by atoms with Crippen molar-refractivity contribution in [3.05, 3.63) is 71.5 Å². The zero-order valence-electron chi connectivity index (χ0n) is 20.5. The highest BCUT2D eigenvalue weighted by molar-refractivity contribution is 5.85. The van der Waals surface area contributed by atoms with Crippen molar-refractivity contribution in [3.63, 3.8) is 0 Å². The predicted molar refractivity (Wildman–Crippen MR) is 137 cm³/mol. The zero-order chi connectivity index (χ0) is 25.1. The molecule has 2 aliphatic carbocycles. The molecule has 0 radical (unpaired) electrons. The summed E-state index contributed by atoms with van der Waals surface area (Å²) in [4.78, 5) is 23.2. The Morgan fingerprint density at radius 1 is 1.08 bits per heavy atom. The number of fused-ring (bicyclic) bond motifs is 8. The first kappa shape index (κ1) is 22.1. The van der Waals surface area contributed by atoms with E-state index in [1.165, 1.54) is 5.56 Å². The fraction of sp³-hybridized carbons (Fsp3) is 0.379. The third-order valence-electron chi connectivity index (χ3n) is 8.35. The molecule has 2 aliphatic heterocycles. The molecule has 0 spiro atoms. The lowest BCUT2D eigenvalue weighted by molar-refractivity contribution is 0.108. The summed E-state index contributed by atoms with van der Waals surface area (Å²) in [6.45, 7) is 1.96. The highest BCUT2D eigenvalue weighted by Crippen LogP contribution is 2.60. The van der Waals surface area contributed by atoms with Crippen LogP contribution in [0.5, 0.6) is 11.8 Å². The van der Waals surface area contributed by atoms with Crippen molar-refractivity contribution in [3.8, 4) is 17.8 Å². The predicted octanol–water partition coefficient (Wildman–Crippen LogP) is 6.04. The van der Waals surface area contributed by atoms with Crippen LogP contribution in [-0.4, -0.2) is 28.2 Å². The van der Waals surface area contributed by atoms with Crippen LogP contribution in [-0.2, 0) is 4.74 Å². The molecule has 1 N–H and O–H groups in total. The number of nitrogens with zero attached hydrogens (tertiary/aromatic N) is 4. The van der Waals surface area contributed by atoms with E-state index in [-0.39, 0.29) is 18.1 Å². The van der Waals surface area contributed by atoms with Gasteiger partial charge < -0.3 is 14.4 Å². The van der Waals surface area contributed by atoms with Gasteiger partial charge in [-0.3, -0.25) is 5.32 Å². The Bertz CT molecular complexity index is 1420. The largest absolute Gasteiger partial charge is 0.446 e. The van der Waals surface area contributed by atoms with Crippen LogP contribution in [0.25, 0.3) is 0 Å². The second-order valence-electron chi connectivity index (χ2n) is 10.5. The average Bonchev–Trinajstić information content (AvgIpc) is 3.68. The quantitative estimate of drug-likeness (QED) is 0.462. The van der Waals surface area contributed by atoms with Gasteiger partial charge >= 0.3 is 12.1 Å². The summed E-state index contributed by atoms with van der Waals surface area (Å²) < 4.78 is 11.5. The second-order valence-corrected chi connectivity index (χ2v) is 10.5. The lowest BCUT2D eigenvalue weighted by Gasteiger charge is -2.52. The zero-order valence-corrected chi connectivity index (χ0v) is 20.5. The highest BCUT2D eigenvalue weighted by atomic mass is 16.6.